The van der Waals surface area contributed by atoms with Gasteiger partial charge >= 0.3 is 5.97 Å². The van der Waals surface area contributed by atoms with Crippen LogP contribution in [0, 0.1) is 0 Å². The van der Waals surface area contributed by atoms with E-state index in [0.29, 0.717) is 13.0 Å². The summed E-state index contributed by atoms with van der Waals surface area (Å²) in [5.74, 6) is -0.165. The largest absolute Gasteiger partial charge is 0.469 e. The second kappa shape index (κ2) is 7.26. The van der Waals surface area contributed by atoms with Gasteiger partial charge in [-0.05, 0) is 20.3 Å². The van der Waals surface area contributed by atoms with Crippen molar-refractivity contribution in [2.24, 2.45) is 0 Å². The predicted molar refractivity (Wildman–Crippen MR) is 58.4 cm³/mol. The molecule has 4 heteroatoms. The van der Waals surface area contributed by atoms with Crippen molar-refractivity contribution < 1.29 is 14.3 Å². The van der Waals surface area contributed by atoms with E-state index in [-0.39, 0.29) is 24.3 Å². The third-order valence-electron chi connectivity index (χ3n) is 2.19. The molecule has 0 radical (unpaired) electrons. The highest BCUT2D eigenvalue weighted by atomic mass is 16.5. The molecule has 0 saturated heterocycles. The molecule has 0 saturated carbocycles. The number of hydrogen-bond donors (Lipinski definition) is 0. The van der Waals surface area contributed by atoms with Crippen molar-refractivity contribution in [3.63, 3.8) is 0 Å². The van der Waals surface area contributed by atoms with Crippen LogP contribution in [0.4, 0.5) is 0 Å². The molecule has 0 fully saturated rings. The van der Waals surface area contributed by atoms with Crippen LogP contribution in [-0.4, -0.2) is 36.5 Å². The Bertz CT molecular complexity index is 214. The summed E-state index contributed by atoms with van der Waals surface area (Å²) in [5, 5.41) is 0. The van der Waals surface area contributed by atoms with Crippen LogP contribution < -0.4 is 0 Å². The first-order valence-corrected chi connectivity index (χ1v) is 5.39. The van der Waals surface area contributed by atoms with Gasteiger partial charge in [-0.25, -0.2) is 0 Å². The van der Waals surface area contributed by atoms with Gasteiger partial charge in [-0.1, -0.05) is 6.92 Å². The van der Waals surface area contributed by atoms with Crippen molar-refractivity contribution in [1.82, 2.24) is 4.90 Å². The molecule has 0 aliphatic rings. The molecule has 0 N–H and O–H groups in total. The topological polar surface area (TPSA) is 46.6 Å². The zero-order chi connectivity index (χ0) is 11.8. The van der Waals surface area contributed by atoms with Crippen LogP contribution in [0.1, 0.15) is 40.0 Å². The summed E-state index contributed by atoms with van der Waals surface area (Å²) in [6, 6.07) is 0.133. The Hall–Kier alpha value is -1.06. The molecule has 0 atom stereocenters. The summed E-state index contributed by atoms with van der Waals surface area (Å²) in [6.45, 7) is 6.32. The van der Waals surface area contributed by atoms with Crippen molar-refractivity contribution in [1.29, 1.82) is 0 Å². The van der Waals surface area contributed by atoms with E-state index in [0.717, 1.165) is 6.42 Å². The maximum atomic E-state index is 11.7. The summed E-state index contributed by atoms with van der Waals surface area (Å²) in [4.78, 5) is 24.3. The first kappa shape index (κ1) is 13.9. The fourth-order valence-corrected chi connectivity index (χ4v) is 1.34. The quantitative estimate of drug-likeness (QED) is 0.632. The molecule has 0 bridgehead atoms. The van der Waals surface area contributed by atoms with Gasteiger partial charge in [-0.2, -0.15) is 0 Å². The fourth-order valence-electron chi connectivity index (χ4n) is 1.34. The van der Waals surface area contributed by atoms with Gasteiger partial charge in [0, 0.05) is 19.0 Å². The number of amides is 1. The van der Waals surface area contributed by atoms with E-state index >= 15 is 0 Å². The average molecular weight is 215 g/mol. The second-order valence-corrected chi connectivity index (χ2v) is 3.76. The number of carbonyl (C=O) groups is 2. The lowest BCUT2D eigenvalue weighted by atomic mass is 10.2. The molecule has 88 valence electrons. The van der Waals surface area contributed by atoms with Gasteiger partial charge < -0.3 is 9.64 Å². The minimum Gasteiger partial charge on any atom is -0.469 e. The van der Waals surface area contributed by atoms with Crippen molar-refractivity contribution in [2.45, 2.75) is 46.1 Å². The Morgan fingerprint density at radius 3 is 2.27 bits per heavy atom. The minimum absolute atomic E-state index is 0.108. The van der Waals surface area contributed by atoms with Gasteiger partial charge in [0.05, 0.1) is 13.5 Å². The van der Waals surface area contributed by atoms with Crippen molar-refractivity contribution in [3.05, 3.63) is 0 Å². The molecule has 0 aromatic heterocycles. The molecule has 0 aliphatic carbocycles. The monoisotopic (exact) mass is 215 g/mol. The molecule has 0 aromatic rings. The Balaban J connectivity index is 4.16. The SMILES string of the molecule is CCCC(=O)N(CCC(=O)OC)C(C)C. The van der Waals surface area contributed by atoms with E-state index in [1.54, 1.807) is 4.90 Å². The molecule has 0 unspecified atom stereocenters. The van der Waals surface area contributed by atoms with Gasteiger partial charge in [-0.15, -0.1) is 0 Å². The van der Waals surface area contributed by atoms with Gasteiger partial charge in [0.1, 0.15) is 0 Å². The maximum Gasteiger partial charge on any atom is 0.307 e. The fraction of sp³-hybridized carbons (Fsp3) is 0.818. The van der Waals surface area contributed by atoms with E-state index in [1.165, 1.54) is 7.11 Å². The number of methoxy groups -OCH3 is 1. The van der Waals surface area contributed by atoms with Gasteiger partial charge in [-0.3, -0.25) is 9.59 Å². The van der Waals surface area contributed by atoms with Gasteiger partial charge in [0.25, 0.3) is 0 Å². The Morgan fingerprint density at radius 1 is 1.27 bits per heavy atom. The Labute approximate surface area is 91.6 Å². The van der Waals surface area contributed by atoms with E-state index in [4.69, 9.17) is 0 Å². The molecular formula is C11H21NO3. The number of ether oxygens (including phenoxy) is 1. The number of nitrogens with zero attached hydrogens (tertiary/aromatic N) is 1. The van der Waals surface area contributed by atoms with Crippen molar-refractivity contribution in [3.8, 4) is 0 Å². The average Bonchev–Trinajstić information content (AvgIpc) is 2.17. The zero-order valence-corrected chi connectivity index (χ0v) is 10.1. The maximum absolute atomic E-state index is 11.7. The molecule has 0 rings (SSSR count). The molecule has 4 nitrogen and oxygen atoms in total. The highest BCUT2D eigenvalue weighted by Crippen LogP contribution is 2.05. The first-order chi connectivity index (χ1) is 7.02. The normalized spacial score (nSPS) is 10.2. The molecule has 0 heterocycles. The molecule has 0 aliphatic heterocycles. The third kappa shape index (κ3) is 5.40. The van der Waals surface area contributed by atoms with Crippen LogP contribution in [0.3, 0.4) is 0 Å². The highest BCUT2D eigenvalue weighted by Gasteiger charge is 2.16. The standard InChI is InChI=1S/C11H21NO3/c1-5-6-10(13)12(9(2)3)8-7-11(14)15-4/h9H,5-8H2,1-4H3. The first-order valence-electron chi connectivity index (χ1n) is 5.39. The summed E-state index contributed by atoms with van der Waals surface area (Å²) in [7, 11) is 1.36. The van der Waals surface area contributed by atoms with Gasteiger partial charge in [0.15, 0.2) is 0 Å². The summed E-state index contributed by atoms with van der Waals surface area (Å²) >= 11 is 0. The lowest BCUT2D eigenvalue weighted by molar-refractivity contribution is -0.142. The minimum atomic E-state index is -0.273. The zero-order valence-electron chi connectivity index (χ0n) is 10.1. The smallest absolute Gasteiger partial charge is 0.307 e. The second-order valence-electron chi connectivity index (χ2n) is 3.76. The molecule has 0 spiro atoms. The Morgan fingerprint density at radius 2 is 1.87 bits per heavy atom. The number of hydrogen-bond acceptors (Lipinski definition) is 3. The van der Waals surface area contributed by atoms with E-state index in [1.807, 2.05) is 20.8 Å². The lowest BCUT2D eigenvalue weighted by Crippen LogP contribution is -2.38. The van der Waals surface area contributed by atoms with Crippen LogP contribution in [0.5, 0.6) is 0 Å². The summed E-state index contributed by atoms with van der Waals surface area (Å²) in [5.41, 5.74) is 0. The number of rotatable bonds is 6. The van der Waals surface area contributed by atoms with Crippen LogP contribution in [-0.2, 0) is 14.3 Å². The van der Waals surface area contributed by atoms with Crippen LogP contribution in [0.2, 0.25) is 0 Å². The van der Waals surface area contributed by atoms with Crippen molar-refractivity contribution in [2.75, 3.05) is 13.7 Å². The number of esters is 1. The van der Waals surface area contributed by atoms with Gasteiger partial charge in [0.2, 0.25) is 5.91 Å². The molecule has 1 amide bonds. The molecular weight excluding hydrogens is 194 g/mol. The predicted octanol–water partition coefficient (Wildman–Crippen LogP) is 1.59. The lowest BCUT2D eigenvalue weighted by Gasteiger charge is -2.26. The summed E-state index contributed by atoms with van der Waals surface area (Å²) in [6.07, 6.45) is 1.64. The highest BCUT2D eigenvalue weighted by molar-refractivity contribution is 5.77. The number of carbonyl (C=O) groups excluding carboxylic acids is 2. The summed E-state index contributed by atoms with van der Waals surface area (Å²) < 4.78 is 4.54. The Kier molecular flexibility index (Phi) is 6.75. The van der Waals surface area contributed by atoms with E-state index in [9.17, 15) is 9.59 Å². The van der Waals surface area contributed by atoms with E-state index in [2.05, 4.69) is 4.74 Å². The molecule has 0 aromatic carbocycles. The van der Waals surface area contributed by atoms with Crippen LogP contribution in [0.25, 0.3) is 0 Å². The molecule has 15 heavy (non-hydrogen) atoms. The van der Waals surface area contributed by atoms with Crippen molar-refractivity contribution >= 4 is 11.9 Å². The van der Waals surface area contributed by atoms with Crippen LogP contribution in [0.15, 0.2) is 0 Å². The third-order valence-corrected chi connectivity index (χ3v) is 2.19. The van der Waals surface area contributed by atoms with Crippen LogP contribution >= 0.6 is 0 Å². The van der Waals surface area contributed by atoms with E-state index < -0.39 is 0 Å².